The van der Waals surface area contributed by atoms with Crippen LogP contribution < -0.4 is 9.64 Å². The summed E-state index contributed by atoms with van der Waals surface area (Å²) in [7, 11) is 0. The van der Waals surface area contributed by atoms with Crippen molar-refractivity contribution in [2.24, 2.45) is 0 Å². The lowest BCUT2D eigenvalue weighted by molar-refractivity contribution is -0.133. The zero-order chi connectivity index (χ0) is 19.3. The van der Waals surface area contributed by atoms with Gasteiger partial charge in [0.1, 0.15) is 5.75 Å². The van der Waals surface area contributed by atoms with Gasteiger partial charge in [0.15, 0.2) is 0 Å². The van der Waals surface area contributed by atoms with Crippen molar-refractivity contribution in [3.8, 4) is 5.75 Å². The van der Waals surface area contributed by atoms with Gasteiger partial charge in [0, 0.05) is 5.56 Å². The number of ketones is 1. The summed E-state index contributed by atoms with van der Waals surface area (Å²) < 4.78 is 5.48. The smallest absolute Gasteiger partial charge is 0.315 e. The van der Waals surface area contributed by atoms with Crippen molar-refractivity contribution in [1.29, 1.82) is 0 Å². The zero-order valence-corrected chi connectivity index (χ0v) is 15.4. The molecule has 2 aromatic rings. The van der Waals surface area contributed by atoms with Crippen molar-refractivity contribution < 1.29 is 19.1 Å². The number of carbonyl (C=O) groups excluding carboxylic acids is 3. The number of ether oxygens (including phenoxy) is 1. The van der Waals surface area contributed by atoms with Gasteiger partial charge in [0.25, 0.3) is 11.7 Å². The van der Waals surface area contributed by atoms with Crippen molar-refractivity contribution in [2.75, 3.05) is 4.90 Å². The Morgan fingerprint density at radius 3 is 2.44 bits per heavy atom. The van der Waals surface area contributed by atoms with Gasteiger partial charge < -0.3 is 4.74 Å². The molecule has 0 aliphatic carbocycles. The van der Waals surface area contributed by atoms with Gasteiger partial charge in [-0.3, -0.25) is 19.3 Å². The number of benzene rings is 2. The molecule has 0 unspecified atom stereocenters. The lowest BCUT2D eigenvalue weighted by Gasteiger charge is -2.38. The fourth-order valence-corrected chi connectivity index (χ4v) is 3.85. The molecule has 27 heavy (non-hydrogen) atoms. The van der Waals surface area contributed by atoms with E-state index in [0.29, 0.717) is 11.3 Å². The number of nitrogens with zero attached hydrogens (tertiary/aromatic N) is 1. The highest BCUT2D eigenvalue weighted by Crippen LogP contribution is 2.46. The molecule has 5 heteroatoms. The van der Waals surface area contributed by atoms with Crippen LogP contribution in [0, 0.1) is 0 Å². The van der Waals surface area contributed by atoms with Gasteiger partial charge in [-0.15, -0.1) is 0 Å². The van der Waals surface area contributed by atoms with Gasteiger partial charge in [0.2, 0.25) is 0 Å². The van der Waals surface area contributed by atoms with Gasteiger partial charge >= 0.3 is 5.97 Å². The summed E-state index contributed by atoms with van der Waals surface area (Å²) in [6.45, 7) is 5.72. The highest BCUT2D eigenvalue weighted by atomic mass is 16.5. The molecule has 136 valence electrons. The second-order valence-corrected chi connectivity index (χ2v) is 7.45. The Bertz CT molecular complexity index is 1020. The minimum absolute atomic E-state index is 0.133. The number of hydrogen-bond donors (Lipinski definition) is 0. The van der Waals surface area contributed by atoms with Gasteiger partial charge in [-0.1, -0.05) is 36.4 Å². The quantitative estimate of drug-likeness (QED) is 0.476. The first-order chi connectivity index (χ1) is 12.8. The Morgan fingerprint density at radius 1 is 1.07 bits per heavy atom. The Balaban J connectivity index is 1.71. The molecule has 0 saturated carbocycles. The minimum Gasteiger partial charge on any atom is -0.426 e. The summed E-state index contributed by atoms with van der Waals surface area (Å²) in [5.41, 5.74) is 2.85. The molecule has 0 saturated heterocycles. The predicted molar refractivity (Wildman–Crippen MR) is 102 cm³/mol. The van der Waals surface area contributed by atoms with Gasteiger partial charge in [0.05, 0.1) is 23.2 Å². The number of esters is 1. The van der Waals surface area contributed by atoms with E-state index < -0.39 is 23.2 Å². The van der Waals surface area contributed by atoms with Crippen LogP contribution in [0.1, 0.15) is 42.3 Å². The van der Waals surface area contributed by atoms with E-state index in [1.807, 2.05) is 57.2 Å². The summed E-state index contributed by atoms with van der Waals surface area (Å²) in [6.07, 6.45) is 2.08. The number of anilines is 1. The van der Waals surface area contributed by atoms with Crippen LogP contribution in [-0.4, -0.2) is 23.2 Å². The fraction of sp³-hybridized carbons (Fsp3) is 0.227. The normalized spacial score (nSPS) is 16.9. The second-order valence-electron chi connectivity index (χ2n) is 7.45. The molecule has 0 bridgehead atoms. The molecule has 2 aliphatic rings. The van der Waals surface area contributed by atoms with E-state index in [1.54, 1.807) is 6.07 Å². The van der Waals surface area contributed by atoms with Crippen molar-refractivity contribution in [1.82, 2.24) is 0 Å². The van der Waals surface area contributed by atoms with Crippen LogP contribution in [-0.2, 0) is 16.0 Å². The highest BCUT2D eigenvalue weighted by molar-refractivity contribution is 6.53. The average molecular weight is 361 g/mol. The third-order valence-electron chi connectivity index (χ3n) is 4.94. The summed E-state index contributed by atoms with van der Waals surface area (Å²) in [5.74, 6) is -1.25. The zero-order valence-electron chi connectivity index (χ0n) is 15.4. The third kappa shape index (κ3) is 2.76. The molecule has 0 fully saturated rings. The van der Waals surface area contributed by atoms with Crippen LogP contribution in [0.5, 0.6) is 5.75 Å². The summed E-state index contributed by atoms with van der Waals surface area (Å²) in [6, 6.07) is 12.5. The second kappa shape index (κ2) is 5.91. The number of carbonyl (C=O) groups is 3. The molecule has 0 atom stereocenters. The van der Waals surface area contributed by atoms with Gasteiger partial charge in [-0.25, -0.2) is 0 Å². The Morgan fingerprint density at radius 2 is 1.74 bits per heavy atom. The molecule has 2 heterocycles. The van der Waals surface area contributed by atoms with Crippen LogP contribution in [0.25, 0.3) is 5.57 Å². The van der Waals surface area contributed by atoms with Crippen LogP contribution in [0.2, 0.25) is 0 Å². The van der Waals surface area contributed by atoms with Crippen molar-refractivity contribution in [3.05, 3.63) is 65.2 Å². The molecule has 2 aliphatic heterocycles. The molecule has 0 radical (unpaired) electrons. The van der Waals surface area contributed by atoms with Crippen molar-refractivity contribution >= 4 is 28.9 Å². The SMILES string of the molecule is CC1=CC(C)(C)N2C(=O)C(=O)c3cc(OC(=O)Cc4ccccc4)cc1c32. The van der Waals surface area contributed by atoms with Gasteiger partial charge in [-0.05, 0) is 44.0 Å². The Hall–Kier alpha value is -3.21. The maximum absolute atomic E-state index is 12.5. The first-order valence-corrected chi connectivity index (χ1v) is 8.79. The number of hydrogen-bond acceptors (Lipinski definition) is 4. The van der Waals surface area contributed by atoms with Crippen LogP contribution in [0.15, 0.2) is 48.5 Å². The molecule has 2 aromatic carbocycles. The first kappa shape index (κ1) is 17.2. The van der Waals surface area contributed by atoms with Crippen molar-refractivity contribution in [2.45, 2.75) is 32.7 Å². The van der Waals surface area contributed by atoms with E-state index in [0.717, 1.165) is 16.7 Å². The van der Waals surface area contributed by atoms with Crippen LogP contribution >= 0.6 is 0 Å². The lowest BCUT2D eigenvalue weighted by Crippen LogP contribution is -2.47. The Kier molecular flexibility index (Phi) is 3.77. The van der Waals surface area contributed by atoms with Crippen LogP contribution in [0.4, 0.5) is 5.69 Å². The molecule has 4 rings (SSSR count). The maximum Gasteiger partial charge on any atom is 0.315 e. The first-order valence-electron chi connectivity index (χ1n) is 8.79. The highest BCUT2D eigenvalue weighted by Gasteiger charge is 2.46. The Labute approximate surface area is 157 Å². The number of allylic oxidation sites excluding steroid dienone is 1. The lowest BCUT2D eigenvalue weighted by atomic mass is 9.89. The summed E-state index contributed by atoms with van der Waals surface area (Å²) in [4.78, 5) is 38.9. The van der Waals surface area contributed by atoms with Crippen molar-refractivity contribution in [3.63, 3.8) is 0 Å². The maximum atomic E-state index is 12.5. The predicted octanol–water partition coefficient (Wildman–Crippen LogP) is 3.56. The number of amides is 1. The summed E-state index contributed by atoms with van der Waals surface area (Å²) >= 11 is 0. The molecular formula is C22H19NO4. The molecule has 0 spiro atoms. The van der Waals surface area contributed by atoms with E-state index in [2.05, 4.69) is 0 Å². The number of rotatable bonds is 3. The van der Waals surface area contributed by atoms with E-state index >= 15 is 0 Å². The van der Waals surface area contributed by atoms with E-state index in [-0.39, 0.29) is 12.2 Å². The number of Topliss-reactive ketones (excluding diaryl/α,β-unsaturated/α-hetero) is 1. The molecule has 1 amide bonds. The van der Waals surface area contributed by atoms with E-state index in [9.17, 15) is 14.4 Å². The monoisotopic (exact) mass is 361 g/mol. The molecular weight excluding hydrogens is 342 g/mol. The topological polar surface area (TPSA) is 63.7 Å². The molecule has 5 nitrogen and oxygen atoms in total. The van der Waals surface area contributed by atoms with Crippen LogP contribution in [0.3, 0.4) is 0 Å². The average Bonchev–Trinajstić information content (AvgIpc) is 2.86. The minimum atomic E-state index is -0.583. The third-order valence-corrected chi connectivity index (χ3v) is 4.94. The summed E-state index contributed by atoms with van der Waals surface area (Å²) in [5, 5.41) is 0. The van der Waals surface area contributed by atoms with Gasteiger partial charge in [-0.2, -0.15) is 0 Å². The van der Waals surface area contributed by atoms with E-state index in [4.69, 9.17) is 4.74 Å². The largest absolute Gasteiger partial charge is 0.426 e. The molecule has 0 N–H and O–H groups in total. The standard InChI is InChI=1S/C22H19NO4/c1-13-12-22(2,3)23-19-16(13)10-15(11-17(19)20(25)21(23)26)27-18(24)9-14-7-5-4-6-8-14/h4-8,10-12H,9H2,1-3H3. The fourth-order valence-electron chi connectivity index (χ4n) is 3.85. The van der Waals surface area contributed by atoms with E-state index in [1.165, 1.54) is 11.0 Å². The molecule has 0 aromatic heterocycles.